The first-order chi connectivity index (χ1) is 22.0. The van der Waals surface area contributed by atoms with Crippen LogP contribution in [0.1, 0.15) is 208 Å². The summed E-state index contributed by atoms with van der Waals surface area (Å²) in [6.07, 6.45) is 2.43. The zero-order chi connectivity index (χ0) is 41.8. The van der Waals surface area contributed by atoms with Crippen LogP contribution in [0.2, 0.25) is 0 Å². The summed E-state index contributed by atoms with van der Waals surface area (Å²) in [5, 5.41) is 0. The van der Waals surface area contributed by atoms with Crippen molar-refractivity contribution >= 4 is 23.3 Å². The molecule has 0 heterocycles. The summed E-state index contributed by atoms with van der Waals surface area (Å²) >= 11 is 0. The van der Waals surface area contributed by atoms with E-state index in [1.165, 1.54) is 5.56 Å². The van der Waals surface area contributed by atoms with Gasteiger partial charge in [-0.15, -0.1) is 0 Å². The summed E-state index contributed by atoms with van der Waals surface area (Å²) in [5.41, 5.74) is 1.86. The summed E-state index contributed by atoms with van der Waals surface area (Å²) in [6, 6.07) is 8.04. The molecule has 0 aliphatic carbocycles. The van der Waals surface area contributed by atoms with Crippen LogP contribution in [0.4, 0.5) is 0 Å². The van der Waals surface area contributed by atoms with E-state index in [1.54, 1.807) is 0 Å². The van der Waals surface area contributed by atoms with Gasteiger partial charge in [-0.3, -0.25) is 19.2 Å². The molecule has 0 saturated heterocycles. The molecule has 0 radical (unpaired) electrons. The molecule has 1 rings (SSSR count). The lowest BCUT2D eigenvalue weighted by Gasteiger charge is -2.23. The Bertz CT molecular complexity index is 1150. The summed E-state index contributed by atoms with van der Waals surface area (Å²) in [4.78, 5) is 46.2. The fourth-order valence-electron chi connectivity index (χ4n) is 4.04. The van der Waals surface area contributed by atoms with Gasteiger partial charge in [-0.05, 0) is 53.4 Å². The molecule has 1 aromatic rings. The van der Waals surface area contributed by atoms with E-state index in [-0.39, 0.29) is 55.3 Å². The van der Waals surface area contributed by atoms with Crippen LogP contribution in [-0.2, 0) is 24.5 Å². The van der Waals surface area contributed by atoms with Gasteiger partial charge < -0.3 is 4.74 Å². The van der Waals surface area contributed by atoms with Gasteiger partial charge in [0.05, 0.1) is 6.42 Å². The molecule has 0 atom stereocenters. The zero-order valence-corrected chi connectivity index (χ0v) is 38.2. The molecule has 0 fully saturated rings. The Balaban J connectivity index is -0.000000615. The molecular weight excluding hydrogens is 633 g/mol. The van der Waals surface area contributed by atoms with Gasteiger partial charge in [-0.2, -0.15) is 0 Å². The Morgan fingerprint density at radius 1 is 0.431 bits per heavy atom. The van der Waals surface area contributed by atoms with Gasteiger partial charge in [0.15, 0.2) is 5.78 Å². The number of hydrogen-bond acceptors (Lipinski definition) is 5. The van der Waals surface area contributed by atoms with E-state index >= 15 is 0 Å². The maximum atomic E-state index is 12.0. The SMILES string of the molecule is CC(C)(C)CC(=O)C(C)(C)C.CC(C)(C)CC(=O)C(C)(C)C.CC(C)(C)CC(=O)OC(C)(C)C.CC(C)(C)CC(=O)c1ccc(C(C)(C)C)cc1. The third-order valence-electron chi connectivity index (χ3n) is 6.91. The normalized spacial score (nSPS) is 12.9. The van der Waals surface area contributed by atoms with E-state index in [9.17, 15) is 19.2 Å². The lowest BCUT2D eigenvalue weighted by Crippen LogP contribution is -2.26. The molecule has 0 aliphatic heterocycles. The minimum Gasteiger partial charge on any atom is -0.460 e. The molecule has 0 amide bonds. The molecule has 5 nitrogen and oxygen atoms in total. The Morgan fingerprint density at radius 2 is 0.725 bits per heavy atom. The third kappa shape index (κ3) is 33.3. The number of Topliss-reactive ketones (excluding diaryl/α,β-unsaturated/α-hetero) is 3. The van der Waals surface area contributed by atoms with E-state index in [1.807, 2.05) is 95.2 Å². The number of carbonyl (C=O) groups is 4. The predicted molar refractivity (Wildman–Crippen MR) is 221 cm³/mol. The van der Waals surface area contributed by atoms with Crippen molar-refractivity contribution in [2.45, 2.75) is 203 Å². The number of ether oxygens (including phenoxy) is 1. The maximum absolute atomic E-state index is 12.0. The Kier molecular flexibility index (Phi) is 20.5. The molecule has 1 aromatic carbocycles. The second-order valence-corrected chi connectivity index (χ2v) is 23.1. The van der Waals surface area contributed by atoms with Crippen molar-refractivity contribution in [1.29, 1.82) is 0 Å². The molecule has 0 aliphatic rings. The van der Waals surface area contributed by atoms with Crippen molar-refractivity contribution in [3.05, 3.63) is 35.4 Å². The number of rotatable bonds is 5. The summed E-state index contributed by atoms with van der Waals surface area (Å²) in [5.74, 6) is 0.822. The Hall–Kier alpha value is -2.30. The number of hydrogen-bond donors (Lipinski definition) is 0. The maximum Gasteiger partial charge on any atom is 0.306 e. The van der Waals surface area contributed by atoms with Crippen LogP contribution >= 0.6 is 0 Å². The fourth-order valence-corrected chi connectivity index (χ4v) is 4.04. The molecular formula is C46H84O5. The van der Waals surface area contributed by atoms with Crippen LogP contribution in [0, 0.1) is 32.5 Å². The van der Waals surface area contributed by atoms with Gasteiger partial charge in [-0.25, -0.2) is 0 Å². The van der Waals surface area contributed by atoms with Crippen molar-refractivity contribution in [3.8, 4) is 0 Å². The van der Waals surface area contributed by atoms with Crippen molar-refractivity contribution in [1.82, 2.24) is 0 Å². The smallest absolute Gasteiger partial charge is 0.306 e. The highest BCUT2D eigenvalue weighted by Gasteiger charge is 2.27. The minimum absolute atomic E-state index is 0.0162. The Morgan fingerprint density at radius 3 is 0.922 bits per heavy atom. The average molecular weight is 717 g/mol. The van der Waals surface area contributed by atoms with E-state index < -0.39 is 0 Å². The molecule has 0 unspecified atom stereocenters. The second-order valence-electron chi connectivity index (χ2n) is 23.1. The van der Waals surface area contributed by atoms with Gasteiger partial charge in [0.25, 0.3) is 0 Å². The van der Waals surface area contributed by atoms with E-state index in [2.05, 4.69) is 95.2 Å². The highest BCUT2D eigenvalue weighted by molar-refractivity contribution is 5.96. The first-order valence-corrected chi connectivity index (χ1v) is 18.9. The molecule has 0 aromatic heterocycles. The third-order valence-corrected chi connectivity index (χ3v) is 6.91. The molecule has 0 spiro atoms. The van der Waals surface area contributed by atoms with Gasteiger partial charge >= 0.3 is 5.97 Å². The average Bonchev–Trinajstić information content (AvgIpc) is 2.78. The van der Waals surface area contributed by atoms with Crippen LogP contribution < -0.4 is 0 Å². The minimum atomic E-state index is -0.359. The summed E-state index contributed by atoms with van der Waals surface area (Å²) in [7, 11) is 0. The van der Waals surface area contributed by atoms with Crippen molar-refractivity contribution in [3.63, 3.8) is 0 Å². The van der Waals surface area contributed by atoms with Gasteiger partial charge in [0.2, 0.25) is 0 Å². The molecule has 51 heavy (non-hydrogen) atoms. The zero-order valence-electron chi connectivity index (χ0n) is 38.2. The molecule has 0 saturated carbocycles. The van der Waals surface area contributed by atoms with Crippen LogP contribution in [0.5, 0.6) is 0 Å². The highest BCUT2D eigenvalue weighted by Crippen LogP contribution is 2.28. The van der Waals surface area contributed by atoms with Crippen molar-refractivity contribution < 1.29 is 23.9 Å². The second kappa shape index (κ2) is 19.7. The molecule has 298 valence electrons. The quantitative estimate of drug-likeness (QED) is 0.224. The van der Waals surface area contributed by atoms with Gasteiger partial charge in [-0.1, -0.05) is 170 Å². The Labute approximate surface area is 317 Å². The first-order valence-electron chi connectivity index (χ1n) is 18.9. The summed E-state index contributed by atoms with van der Waals surface area (Å²) in [6.45, 7) is 48.9. The monoisotopic (exact) mass is 717 g/mol. The molecule has 5 heteroatoms. The first kappa shape index (κ1) is 53.1. The van der Waals surface area contributed by atoms with Crippen LogP contribution in [0.25, 0.3) is 0 Å². The standard InChI is InChI=1S/C16H24O.C10H20O2.2C10H20O/c1-15(2,3)11-14(17)12-7-9-13(10-8-12)16(4,5)6;1-9(2,3)7-8(11)12-10(4,5)6;2*1-9(2,3)7-8(11)10(4,5)6/h7-10H,11H2,1-6H3;7H2,1-6H3;2*7H2,1-6H3. The van der Waals surface area contributed by atoms with E-state index in [0.29, 0.717) is 37.2 Å². The lowest BCUT2D eigenvalue weighted by atomic mass is 9.80. The lowest BCUT2D eigenvalue weighted by molar-refractivity contribution is -0.157. The van der Waals surface area contributed by atoms with Gasteiger partial charge in [0.1, 0.15) is 17.2 Å². The van der Waals surface area contributed by atoms with Crippen LogP contribution in [0.15, 0.2) is 24.3 Å². The predicted octanol–water partition coefficient (Wildman–Crippen LogP) is 13.4. The molecule has 0 bridgehead atoms. The topological polar surface area (TPSA) is 77.5 Å². The van der Waals surface area contributed by atoms with Gasteiger partial charge in [0, 0.05) is 35.7 Å². The van der Waals surface area contributed by atoms with Crippen molar-refractivity contribution in [2.24, 2.45) is 32.5 Å². The van der Waals surface area contributed by atoms with Crippen LogP contribution in [0.3, 0.4) is 0 Å². The largest absolute Gasteiger partial charge is 0.460 e. The fraction of sp³-hybridized carbons (Fsp3) is 0.783. The summed E-state index contributed by atoms with van der Waals surface area (Å²) < 4.78 is 5.17. The number of benzene rings is 1. The highest BCUT2D eigenvalue weighted by atomic mass is 16.6. The molecule has 0 N–H and O–H groups in total. The number of ketones is 3. The van der Waals surface area contributed by atoms with Crippen molar-refractivity contribution in [2.75, 3.05) is 0 Å². The number of carbonyl (C=O) groups excluding carboxylic acids is 4. The number of esters is 1. The van der Waals surface area contributed by atoms with Crippen LogP contribution in [-0.4, -0.2) is 28.9 Å². The van der Waals surface area contributed by atoms with E-state index in [0.717, 1.165) is 5.56 Å². The van der Waals surface area contributed by atoms with E-state index in [4.69, 9.17) is 4.74 Å².